The molecule has 1 aromatic carbocycles. The number of anilines is 2. The lowest BCUT2D eigenvalue weighted by atomic mass is 10.1. The van der Waals surface area contributed by atoms with Crippen LogP contribution in [-0.4, -0.2) is 40.7 Å². The van der Waals surface area contributed by atoms with Crippen molar-refractivity contribution in [1.82, 2.24) is 14.5 Å². The van der Waals surface area contributed by atoms with Crippen molar-refractivity contribution in [2.45, 2.75) is 45.8 Å². The lowest BCUT2D eigenvalue weighted by Gasteiger charge is -2.25. The lowest BCUT2D eigenvalue weighted by molar-refractivity contribution is -0.146. The Balaban J connectivity index is 1.77. The zero-order valence-electron chi connectivity index (χ0n) is 20.5. The molecule has 0 spiro atoms. The van der Waals surface area contributed by atoms with Gasteiger partial charge in [0.05, 0.1) is 11.7 Å². The molecule has 2 heterocycles. The van der Waals surface area contributed by atoms with Crippen molar-refractivity contribution in [3.8, 4) is 11.3 Å². The molecule has 178 valence electrons. The average molecular weight is 462 g/mol. The molecule has 0 saturated heterocycles. The maximum absolute atomic E-state index is 13.4. The van der Waals surface area contributed by atoms with E-state index in [1.807, 2.05) is 63.2 Å². The molecule has 8 heteroatoms. The number of nitrogens with zero attached hydrogens (tertiary/aromatic N) is 4. The van der Waals surface area contributed by atoms with Gasteiger partial charge in [-0.2, -0.15) is 0 Å². The van der Waals surface area contributed by atoms with E-state index < -0.39 is 0 Å². The summed E-state index contributed by atoms with van der Waals surface area (Å²) in [5.74, 6) is 1.13. The highest BCUT2D eigenvalue weighted by atomic mass is 16.5. The fourth-order valence-electron chi connectivity index (χ4n) is 4.52. The second-order valence-corrected chi connectivity index (χ2v) is 8.90. The second kappa shape index (κ2) is 9.29. The minimum absolute atomic E-state index is 0.211. The first-order valence-corrected chi connectivity index (χ1v) is 11.5. The molecule has 34 heavy (non-hydrogen) atoms. The number of hydrogen-bond donors (Lipinski definition) is 1. The van der Waals surface area contributed by atoms with E-state index in [9.17, 15) is 9.59 Å². The summed E-state index contributed by atoms with van der Waals surface area (Å²) in [5.41, 5.74) is 4.77. The molecule has 0 radical (unpaired) electrons. The van der Waals surface area contributed by atoms with Gasteiger partial charge in [0.15, 0.2) is 0 Å². The fourth-order valence-corrected chi connectivity index (χ4v) is 4.52. The van der Waals surface area contributed by atoms with Crippen LogP contribution in [0.2, 0.25) is 0 Å². The summed E-state index contributed by atoms with van der Waals surface area (Å²) in [6.45, 7) is 5.39. The number of carbonyl (C=O) groups excluding carboxylic acids is 1. The average Bonchev–Trinajstić information content (AvgIpc) is 3.13. The van der Waals surface area contributed by atoms with Gasteiger partial charge in [0.25, 0.3) is 5.56 Å². The molecular formula is C26H31N5O3. The smallest absolute Gasteiger partial charge is 0.302 e. The van der Waals surface area contributed by atoms with Gasteiger partial charge in [0.1, 0.15) is 23.4 Å². The molecule has 8 nitrogen and oxygen atoms in total. The van der Waals surface area contributed by atoms with E-state index in [0.29, 0.717) is 24.4 Å². The third-order valence-corrected chi connectivity index (χ3v) is 6.30. The number of nitrogens with one attached hydrogen (secondary N) is 1. The minimum atomic E-state index is -0.362. The van der Waals surface area contributed by atoms with E-state index in [0.717, 1.165) is 33.8 Å². The van der Waals surface area contributed by atoms with Crippen LogP contribution in [0.4, 0.5) is 11.6 Å². The largest absolute Gasteiger partial charge is 0.460 e. The van der Waals surface area contributed by atoms with Crippen molar-refractivity contribution in [1.29, 1.82) is 0 Å². The van der Waals surface area contributed by atoms with Crippen molar-refractivity contribution in [3.05, 3.63) is 69.3 Å². The monoisotopic (exact) mass is 461 g/mol. The predicted octanol–water partition coefficient (Wildman–Crippen LogP) is 3.42. The SMILES string of the molecule is CCc1nc(-c2cnc(N(C)C)cc2C)c(=O)n(C)c1NC1c2ccccc2CC1OC(C)=O. The first-order chi connectivity index (χ1) is 16.2. The molecule has 1 N–H and O–H groups in total. The maximum atomic E-state index is 13.4. The number of hydrogen-bond acceptors (Lipinski definition) is 7. The molecule has 0 saturated carbocycles. The van der Waals surface area contributed by atoms with Gasteiger partial charge in [0, 0.05) is 46.2 Å². The summed E-state index contributed by atoms with van der Waals surface area (Å²) in [6, 6.07) is 9.70. The normalized spacial score (nSPS) is 16.8. The van der Waals surface area contributed by atoms with E-state index in [4.69, 9.17) is 9.72 Å². The molecule has 2 atom stereocenters. The van der Waals surface area contributed by atoms with Gasteiger partial charge in [-0.3, -0.25) is 14.2 Å². The van der Waals surface area contributed by atoms with E-state index in [-0.39, 0.29) is 23.7 Å². The zero-order valence-corrected chi connectivity index (χ0v) is 20.5. The Morgan fingerprint density at radius 3 is 2.68 bits per heavy atom. The molecule has 1 aliphatic carbocycles. The van der Waals surface area contributed by atoms with Crippen LogP contribution in [0.25, 0.3) is 11.3 Å². The van der Waals surface area contributed by atoms with Crippen molar-refractivity contribution in [2.75, 3.05) is 24.3 Å². The lowest BCUT2D eigenvalue weighted by Crippen LogP contribution is -2.31. The number of benzene rings is 1. The van der Waals surface area contributed by atoms with Gasteiger partial charge >= 0.3 is 5.97 Å². The van der Waals surface area contributed by atoms with E-state index in [2.05, 4.69) is 10.3 Å². The van der Waals surface area contributed by atoms with E-state index in [1.165, 1.54) is 6.92 Å². The number of ether oxygens (including phenoxy) is 1. The molecule has 0 bridgehead atoms. The van der Waals surface area contributed by atoms with Crippen LogP contribution in [0.5, 0.6) is 0 Å². The molecule has 4 rings (SSSR count). The number of fused-ring (bicyclic) bond motifs is 1. The molecule has 0 fully saturated rings. The molecule has 0 amide bonds. The molecule has 0 aliphatic heterocycles. The van der Waals surface area contributed by atoms with E-state index >= 15 is 0 Å². The molecular weight excluding hydrogens is 430 g/mol. The predicted molar refractivity (Wildman–Crippen MR) is 133 cm³/mol. The van der Waals surface area contributed by atoms with Gasteiger partial charge in [-0.1, -0.05) is 31.2 Å². The third kappa shape index (κ3) is 4.27. The molecule has 2 unspecified atom stereocenters. The summed E-state index contributed by atoms with van der Waals surface area (Å²) in [6.07, 6.45) is 2.60. The summed E-state index contributed by atoms with van der Waals surface area (Å²) in [5, 5.41) is 3.50. The number of carbonyl (C=O) groups is 1. The van der Waals surface area contributed by atoms with Gasteiger partial charge in [-0.05, 0) is 36.1 Å². The van der Waals surface area contributed by atoms with Crippen LogP contribution in [0, 0.1) is 6.92 Å². The number of esters is 1. The highest BCUT2D eigenvalue weighted by Gasteiger charge is 2.35. The van der Waals surface area contributed by atoms with Crippen LogP contribution in [0.3, 0.4) is 0 Å². The Labute approximate surface area is 199 Å². The van der Waals surface area contributed by atoms with Crippen molar-refractivity contribution in [3.63, 3.8) is 0 Å². The summed E-state index contributed by atoms with van der Waals surface area (Å²) in [7, 11) is 5.60. The van der Waals surface area contributed by atoms with Crippen LogP contribution in [0.1, 0.15) is 42.3 Å². The van der Waals surface area contributed by atoms with E-state index in [1.54, 1.807) is 17.8 Å². The first kappa shape index (κ1) is 23.5. The summed E-state index contributed by atoms with van der Waals surface area (Å²) < 4.78 is 7.24. The molecule has 3 aromatic rings. The Morgan fingerprint density at radius 1 is 1.29 bits per heavy atom. The standard InChI is InChI=1S/C26H31N5O3/c1-7-20-25(29-23-18-11-9-8-10-17(18)13-21(23)34-16(3)32)31(6)26(33)24(28-20)19-14-27-22(30(4)5)12-15(19)2/h8-12,14,21,23,29H,7,13H2,1-6H3. The van der Waals surface area contributed by atoms with Crippen LogP contribution in [-0.2, 0) is 29.4 Å². The Bertz CT molecular complexity index is 1300. The van der Waals surface area contributed by atoms with Crippen molar-refractivity contribution >= 4 is 17.6 Å². The van der Waals surface area contributed by atoms with Crippen LogP contribution in [0.15, 0.2) is 41.3 Å². The number of pyridine rings is 1. The Hall–Kier alpha value is -3.68. The topological polar surface area (TPSA) is 89.3 Å². The minimum Gasteiger partial charge on any atom is -0.460 e. The fraction of sp³-hybridized carbons (Fsp3) is 0.385. The van der Waals surface area contributed by atoms with Crippen molar-refractivity contribution < 1.29 is 9.53 Å². The number of rotatable bonds is 6. The second-order valence-electron chi connectivity index (χ2n) is 8.90. The highest BCUT2D eigenvalue weighted by molar-refractivity contribution is 5.67. The van der Waals surface area contributed by atoms with Gasteiger partial charge in [-0.25, -0.2) is 9.97 Å². The first-order valence-electron chi connectivity index (χ1n) is 11.5. The third-order valence-electron chi connectivity index (χ3n) is 6.30. The quantitative estimate of drug-likeness (QED) is 0.563. The Morgan fingerprint density at radius 2 is 2.03 bits per heavy atom. The Kier molecular flexibility index (Phi) is 6.41. The van der Waals surface area contributed by atoms with Gasteiger partial charge in [-0.15, -0.1) is 0 Å². The van der Waals surface area contributed by atoms with Gasteiger partial charge < -0.3 is 15.0 Å². The number of aromatic nitrogens is 3. The zero-order chi connectivity index (χ0) is 24.6. The number of aryl methyl sites for hydroxylation is 2. The van der Waals surface area contributed by atoms with Crippen molar-refractivity contribution in [2.24, 2.45) is 7.05 Å². The van der Waals surface area contributed by atoms with Gasteiger partial charge in [0.2, 0.25) is 0 Å². The summed E-state index contributed by atoms with van der Waals surface area (Å²) >= 11 is 0. The molecule has 2 aromatic heterocycles. The molecule has 1 aliphatic rings. The highest BCUT2D eigenvalue weighted by Crippen LogP contribution is 2.36. The van der Waals surface area contributed by atoms with Crippen LogP contribution < -0.4 is 15.8 Å². The summed E-state index contributed by atoms with van der Waals surface area (Å²) in [4.78, 5) is 36.4. The maximum Gasteiger partial charge on any atom is 0.302 e. The van der Waals surface area contributed by atoms with Crippen LogP contribution >= 0.6 is 0 Å².